The average Bonchev–Trinajstić information content (AvgIpc) is 1.76. The summed E-state index contributed by atoms with van der Waals surface area (Å²) < 4.78 is 80.0. The summed E-state index contributed by atoms with van der Waals surface area (Å²) in [4.78, 5) is 48.7. The topological polar surface area (TPSA) is 149 Å². The van der Waals surface area contributed by atoms with Crippen LogP contribution in [0.1, 0.15) is 6.85 Å². The summed E-state index contributed by atoms with van der Waals surface area (Å²) in [6, 6.07) is 105. The third-order valence-electron chi connectivity index (χ3n) is 19.0. The van der Waals surface area contributed by atoms with Crippen LogP contribution in [0.5, 0.6) is 0 Å². The number of rotatable bonds is 14. The molecule has 0 saturated carbocycles. The van der Waals surface area contributed by atoms with Crippen molar-refractivity contribution in [3.05, 3.63) is 375 Å². The Hall–Kier alpha value is -15.2. The summed E-state index contributed by atoms with van der Waals surface area (Å²) in [6.45, 7) is 0. The van der Waals surface area contributed by atoms with Crippen molar-refractivity contribution in [2.75, 3.05) is 0 Å². The Bertz CT molecular complexity index is 6680. The van der Waals surface area contributed by atoms with E-state index in [1.165, 1.54) is 12.1 Å². The van der Waals surface area contributed by atoms with E-state index < -0.39 is 41.8 Å². The standard InChI is InChI=1S/C47H29F2N7.C47H31N7/c48-35-27-34(28-36(49)29-35)45-53-43(30-19-23-37(24-20-30)55-41-17-9-7-15-39(41)50-46(55)32-11-3-1-4-12-32)52-44(54-45)31-21-25-38(26-22-31)56-42-18-10-8-16-40(42)51-47(56)33-13-5-2-6-14-33;1-4-14-32(15-5-1)43-50-44(33-24-28-35(29-25-33)46-48-39-20-10-12-22-41(39)53(46)37-16-6-2-7-17-37)52-45(51-43)34-26-30-36(31-27-34)47-49-40-21-11-13-23-42(40)54(47)38-18-8-3-9-19-38/h1-29H;1-31H/i;1D,4D,5D,14D,15D. The Kier molecular flexibility index (Phi) is 15.5. The molecule has 20 rings (SSSR count). The van der Waals surface area contributed by atoms with E-state index in [9.17, 15) is 8.78 Å². The predicted molar refractivity (Wildman–Crippen MR) is 432 cm³/mol. The van der Waals surface area contributed by atoms with Crippen LogP contribution in [0.3, 0.4) is 0 Å². The van der Waals surface area contributed by atoms with Gasteiger partial charge in [-0.2, -0.15) is 0 Å². The van der Waals surface area contributed by atoms with Crippen LogP contribution < -0.4 is 0 Å². The van der Waals surface area contributed by atoms with E-state index in [0.717, 1.165) is 119 Å². The zero-order chi connectivity index (χ0) is 77.8. The quantitative estimate of drug-likeness (QED) is 0.103. The second kappa shape index (κ2) is 28.4. The monoisotopic (exact) mass is 1430 g/mol. The molecule has 6 heterocycles. The lowest BCUT2D eigenvalue weighted by molar-refractivity contribution is 0.584. The van der Waals surface area contributed by atoms with Crippen LogP contribution >= 0.6 is 0 Å². The van der Waals surface area contributed by atoms with Gasteiger partial charge in [-0.3, -0.25) is 18.3 Å². The Labute approximate surface area is 636 Å². The lowest BCUT2D eigenvalue weighted by Crippen LogP contribution is -2.02. The number of aromatic nitrogens is 14. The van der Waals surface area contributed by atoms with Gasteiger partial charge in [0.25, 0.3) is 0 Å². The second-order valence-electron chi connectivity index (χ2n) is 26.0. The highest BCUT2D eigenvalue weighted by atomic mass is 19.1. The van der Waals surface area contributed by atoms with Gasteiger partial charge in [0.15, 0.2) is 34.9 Å². The van der Waals surface area contributed by atoms with Crippen molar-refractivity contribution in [3.63, 3.8) is 0 Å². The van der Waals surface area contributed by atoms with E-state index in [0.29, 0.717) is 33.9 Å². The summed E-state index contributed by atoms with van der Waals surface area (Å²) in [7, 11) is 0. The number of hydrogen-bond acceptors (Lipinski definition) is 10. The first-order chi connectivity index (χ1) is 56.4. The van der Waals surface area contributed by atoms with E-state index in [4.69, 9.17) is 56.7 Å². The third kappa shape index (κ3) is 12.6. The summed E-state index contributed by atoms with van der Waals surface area (Å²) in [5.74, 6) is 3.10. The van der Waals surface area contributed by atoms with Gasteiger partial charge in [-0.25, -0.2) is 58.6 Å². The van der Waals surface area contributed by atoms with Crippen LogP contribution in [0.4, 0.5) is 8.78 Å². The number of benzene rings is 14. The molecule has 0 aliphatic rings. The van der Waals surface area contributed by atoms with Gasteiger partial charge in [0.2, 0.25) is 0 Å². The number of imidazole rings is 4. The SMILES string of the molecule is Fc1cc(F)cc(-c2nc(-c3ccc(-n4c(-c5ccccc5)nc5ccccc54)cc3)nc(-c3ccc(-n4c(-c5ccccc5)nc5ccccc54)cc3)n2)c1.[2H]c1c([2H])c([2H])c(-c2nc(-c3ccc(-c4nc5ccccc5n4-c4ccccc4)cc3)nc(-c3ccc(-c4nc5ccccc5n4-c4ccccc4)cc3)n2)c([2H])c1[2H]. The highest BCUT2D eigenvalue weighted by molar-refractivity contribution is 5.88. The minimum Gasteiger partial charge on any atom is -0.292 e. The molecule has 14 nitrogen and oxygen atoms in total. The summed E-state index contributed by atoms with van der Waals surface area (Å²) >= 11 is 0. The van der Waals surface area contributed by atoms with E-state index in [1.807, 2.05) is 315 Å². The Morgan fingerprint density at radius 3 is 0.755 bits per heavy atom. The molecule has 6 aromatic heterocycles. The van der Waals surface area contributed by atoms with Gasteiger partial charge >= 0.3 is 0 Å². The fourth-order valence-corrected chi connectivity index (χ4v) is 13.9. The molecular formula is C94H60F2N14. The summed E-state index contributed by atoms with van der Waals surface area (Å²) in [6.07, 6.45) is 0. The zero-order valence-electron chi connectivity index (χ0n) is 63.3. The number of nitrogens with zero attached hydrogens (tertiary/aromatic N) is 14. The van der Waals surface area contributed by atoms with E-state index >= 15 is 0 Å². The van der Waals surface area contributed by atoms with Crippen molar-refractivity contribution in [3.8, 4) is 137 Å². The molecule has 0 bridgehead atoms. The van der Waals surface area contributed by atoms with Gasteiger partial charge in [0, 0.05) is 84.5 Å². The first-order valence-electron chi connectivity index (χ1n) is 38.0. The number of halogens is 2. The first kappa shape index (κ1) is 60.1. The molecule has 0 atom stereocenters. The molecule has 16 heteroatoms. The molecule has 520 valence electrons. The molecule has 0 amide bonds. The fraction of sp³-hybridized carbons (Fsp3) is 0. The van der Waals surface area contributed by atoms with Crippen LogP contribution in [-0.2, 0) is 0 Å². The highest BCUT2D eigenvalue weighted by Gasteiger charge is 2.23. The highest BCUT2D eigenvalue weighted by Crippen LogP contribution is 2.37. The molecule has 110 heavy (non-hydrogen) atoms. The van der Waals surface area contributed by atoms with Gasteiger partial charge in [-0.05, 0) is 133 Å². The van der Waals surface area contributed by atoms with Crippen molar-refractivity contribution in [1.29, 1.82) is 0 Å². The Balaban J connectivity index is 0.000000154. The number of fused-ring (bicyclic) bond motifs is 4. The molecule has 0 aliphatic carbocycles. The molecule has 20 aromatic rings. The molecule has 0 radical (unpaired) electrons. The smallest absolute Gasteiger partial charge is 0.164 e. The zero-order valence-corrected chi connectivity index (χ0v) is 58.3. The minimum atomic E-state index is -0.722. The van der Waals surface area contributed by atoms with Crippen LogP contribution in [0.25, 0.3) is 181 Å². The van der Waals surface area contributed by atoms with Crippen LogP contribution in [0, 0.1) is 11.6 Å². The third-order valence-corrected chi connectivity index (χ3v) is 19.0. The van der Waals surface area contributed by atoms with Crippen molar-refractivity contribution in [2.45, 2.75) is 0 Å². The van der Waals surface area contributed by atoms with E-state index in [1.54, 1.807) is 0 Å². The fourth-order valence-electron chi connectivity index (χ4n) is 13.9. The van der Waals surface area contributed by atoms with Gasteiger partial charge < -0.3 is 0 Å². The molecule has 0 N–H and O–H groups in total. The second-order valence-corrected chi connectivity index (χ2v) is 26.0. The molecular weight excluding hydrogens is 1360 g/mol. The maximum absolute atomic E-state index is 14.5. The van der Waals surface area contributed by atoms with E-state index in [2.05, 4.69) is 18.3 Å². The van der Waals surface area contributed by atoms with Crippen molar-refractivity contribution in [2.24, 2.45) is 0 Å². The van der Waals surface area contributed by atoms with Gasteiger partial charge in [0.05, 0.1) is 51.0 Å². The predicted octanol–water partition coefficient (Wildman–Crippen LogP) is 22.0. The molecule has 0 fully saturated rings. The summed E-state index contributed by atoms with van der Waals surface area (Å²) in [5.41, 5.74) is 17.7. The van der Waals surface area contributed by atoms with Crippen LogP contribution in [0.2, 0.25) is 0 Å². The Morgan fingerprint density at radius 1 is 0.200 bits per heavy atom. The number of hydrogen-bond donors (Lipinski definition) is 0. The normalized spacial score (nSPS) is 12.0. The maximum Gasteiger partial charge on any atom is 0.164 e. The maximum atomic E-state index is 14.5. The van der Waals surface area contributed by atoms with Gasteiger partial charge in [-0.15, -0.1) is 0 Å². The lowest BCUT2D eigenvalue weighted by atomic mass is 10.1. The van der Waals surface area contributed by atoms with Crippen molar-refractivity contribution < 1.29 is 15.6 Å². The van der Waals surface area contributed by atoms with Crippen LogP contribution in [0.15, 0.2) is 364 Å². The van der Waals surface area contributed by atoms with Crippen molar-refractivity contribution in [1.82, 2.24) is 68.1 Å². The van der Waals surface area contributed by atoms with Crippen molar-refractivity contribution >= 4 is 44.1 Å². The van der Waals surface area contributed by atoms with E-state index in [-0.39, 0.29) is 34.4 Å². The summed E-state index contributed by atoms with van der Waals surface area (Å²) in [5, 5.41) is 0. The van der Waals surface area contributed by atoms with Gasteiger partial charge in [-0.1, -0.05) is 224 Å². The minimum absolute atomic E-state index is 0.0353. The Morgan fingerprint density at radius 2 is 0.436 bits per heavy atom. The lowest BCUT2D eigenvalue weighted by Gasteiger charge is -2.12. The average molecular weight is 1430 g/mol. The molecule has 14 aromatic carbocycles. The molecule has 0 saturated heterocycles. The van der Waals surface area contributed by atoms with Gasteiger partial charge in [0.1, 0.15) is 34.9 Å². The molecule has 0 spiro atoms. The molecule has 0 aliphatic heterocycles. The largest absolute Gasteiger partial charge is 0.292 e. The first-order valence-corrected chi connectivity index (χ1v) is 35.5. The number of para-hydroxylation sites is 10. The van der Waals surface area contributed by atoms with Crippen LogP contribution in [-0.4, -0.2) is 68.1 Å². The molecule has 0 unspecified atom stereocenters.